The summed E-state index contributed by atoms with van der Waals surface area (Å²) in [5.41, 5.74) is 2.43. The van der Waals surface area contributed by atoms with Crippen molar-refractivity contribution in [3.8, 4) is 11.5 Å². The normalized spacial score (nSPS) is 12.1. The van der Waals surface area contributed by atoms with Gasteiger partial charge in [0.2, 0.25) is 0 Å². The summed E-state index contributed by atoms with van der Waals surface area (Å²) in [7, 11) is 3.18. The lowest BCUT2D eigenvalue weighted by Crippen LogP contribution is -2.03. The van der Waals surface area contributed by atoms with Gasteiger partial charge in [0.1, 0.15) is 17.6 Å². The fraction of sp³-hybridized carbons (Fsp3) is 0.250. The van der Waals surface area contributed by atoms with Crippen LogP contribution in [0.25, 0.3) is 0 Å². The van der Waals surface area contributed by atoms with Crippen molar-refractivity contribution in [2.75, 3.05) is 14.2 Å². The number of ether oxygens (including phenoxy) is 2. The Hall–Kier alpha value is -1.71. The molecule has 0 spiro atoms. The van der Waals surface area contributed by atoms with Gasteiger partial charge in [-0.3, -0.25) is 0 Å². The molecule has 1 N–H and O–H groups in total. The van der Waals surface area contributed by atoms with Gasteiger partial charge < -0.3 is 14.6 Å². The van der Waals surface area contributed by atoms with Gasteiger partial charge >= 0.3 is 0 Å². The maximum absolute atomic E-state index is 10.5. The topological polar surface area (TPSA) is 38.7 Å². The molecule has 20 heavy (non-hydrogen) atoms. The van der Waals surface area contributed by atoms with Crippen molar-refractivity contribution in [3.63, 3.8) is 0 Å². The van der Waals surface area contributed by atoms with Crippen molar-refractivity contribution in [1.82, 2.24) is 0 Å². The smallest absolute Gasteiger partial charge is 0.126 e. The van der Waals surface area contributed by atoms with Gasteiger partial charge in [0.25, 0.3) is 0 Å². The van der Waals surface area contributed by atoms with E-state index in [2.05, 4.69) is 0 Å². The van der Waals surface area contributed by atoms with Crippen molar-refractivity contribution in [2.45, 2.75) is 13.0 Å². The zero-order valence-electron chi connectivity index (χ0n) is 11.7. The summed E-state index contributed by atoms with van der Waals surface area (Å²) in [6.07, 6.45) is -0.771. The van der Waals surface area contributed by atoms with Crippen molar-refractivity contribution in [2.24, 2.45) is 0 Å². The van der Waals surface area contributed by atoms with Gasteiger partial charge in [-0.15, -0.1) is 0 Å². The summed E-state index contributed by atoms with van der Waals surface area (Å²) in [6, 6.07) is 10.8. The third-order valence-electron chi connectivity index (χ3n) is 3.22. The Bertz CT molecular complexity index is 611. The first-order valence-corrected chi connectivity index (χ1v) is 6.60. The molecule has 0 radical (unpaired) electrons. The minimum absolute atomic E-state index is 0.568. The van der Waals surface area contributed by atoms with Crippen LogP contribution < -0.4 is 9.47 Å². The van der Waals surface area contributed by atoms with E-state index in [0.717, 1.165) is 16.9 Å². The molecule has 106 valence electrons. The lowest BCUT2D eigenvalue weighted by atomic mass is 9.99. The Labute approximate surface area is 123 Å². The maximum atomic E-state index is 10.5. The van der Waals surface area contributed by atoms with E-state index in [0.29, 0.717) is 16.3 Å². The Balaban J connectivity index is 2.40. The standard InChI is InChI=1S/C16H17ClO3/c1-10-8-11(4-7-14(10)19-2)16(18)13-6-5-12(17)9-15(13)20-3/h4-9,16,18H,1-3H3. The van der Waals surface area contributed by atoms with Gasteiger partial charge in [0.05, 0.1) is 14.2 Å². The molecule has 0 fully saturated rings. The van der Waals surface area contributed by atoms with Crippen LogP contribution in [-0.2, 0) is 0 Å². The fourth-order valence-corrected chi connectivity index (χ4v) is 2.32. The molecule has 0 aromatic heterocycles. The largest absolute Gasteiger partial charge is 0.496 e. The highest BCUT2D eigenvalue weighted by Gasteiger charge is 2.16. The van der Waals surface area contributed by atoms with Crippen LogP contribution in [0.3, 0.4) is 0 Å². The molecule has 0 aliphatic heterocycles. The Morgan fingerprint density at radius 1 is 1.00 bits per heavy atom. The first kappa shape index (κ1) is 14.7. The van der Waals surface area contributed by atoms with E-state index in [1.807, 2.05) is 25.1 Å². The highest BCUT2D eigenvalue weighted by atomic mass is 35.5. The number of methoxy groups -OCH3 is 2. The van der Waals surface area contributed by atoms with Crippen LogP contribution in [0.1, 0.15) is 22.8 Å². The number of hydrogen-bond acceptors (Lipinski definition) is 3. The minimum atomic E-state index is -0.771. The molecule has 0 aliphatic rings. The third-order valence-corrected chi connectivity index (χ3v) is 3.46. The first-order valence-electron chi connectivity index (χ1n) is 6.23. The second kappa shape index (κ2) is 6.16. The van der Waals surface area contributed by atoms with E-state index in [9.17, 15) is 5.11 Å². The van der Waals surface area contributed by atoms with Gasteiger partial charge in [-0.25, -0.2) is 0 Å². The van der Waals surface area contributed by atoms with E-state index in [-0.39, 0.29) is 0 Å². The zero-order valence-corrected chi connectivity index (χ0v) is 12.4. The molecule has 2 aromatic carbocycles. The average Bonchev–Trinajstić information content (AvgIpc) is 2.46. The van der Waals surface area contributed by atoms with Crippen molar-refractivity contribution >= 4 is 11.6 Å². The molecule has 0 saturated carbocycles. The number of hydrogen-bond donors (Lipinski definition) is 1. The summed E-state index contributed by atoms with van der Waals surface area (Å²) in [6.45, 7) is 1.94. The molecule has 0 amide bonds. The molecule has 4 heteroatoms. The SMILES string of the molecule is COc1ccc(C(O)c2ccc(Cl)cc2OC)cc1C. The molecule has 2 aromatic rings. The summed E-state index contributed by atoms with van der Waals surface area (Å²) in [4.78, 5) is 0. The van der Waals surface area contributed by atoms with E-state index in [4.69, 9.17) is 21.1 Å². The summed E-state index contributed by atoms with van der Waals surface area (Å²) >= 11 is 5.93. The van der Waals surface area contributed by atoms with Gasteiger partial charge in [-0.2, -0.15) is 0 Å². The van der Waals surface area contributed by atoms with E-state index < -0.39 is 6.10 Å². The van der Waals surface area contributed by atoms with Crippen LogP contribution in [-0.4, -0.2) is 19.3 Å². The summed E-state index contributed by atoms with van der Waals surface area (Å²) in [5.74, 6) is 1.36. The van der Waals surface area contributed by atoms with Gasteiger partial charge in [-0.05, 0) is 42.3 Å². The minimum Gasteiger partial charge on any atom is -0.496 e. The predicted octanol–water partition coefficient (Wildman–Crippen LogP) is 3.75. The molecular formula is C16H17ClO3. The third kappa shape index (κ3) is 2.89. The monoisotopic (exact) mass is 292 g/mol. The molecule has 0 saturated heterocycles. The lowest BCUT2D eigenvalue weighted by molar-refractivity contribution is 0.214. The lowest BCUT2D eigenvalue weighted by Gasteiger charge is -2.16. The Morgan fingerprint density at radius 3 is 2.30 bits per heavy atom. The number of aliphatic hydroxyl groups is 1. The van der Waals surface area contributed by atoms with E-state index in [1.54, 1.807) is 32.4 Å². The summed E-state index contributed by atoms with van der Waals surface area (Å²) in [5, 5.41) is 11.1. The molecular weight excluding hydrogens is 276 g/mol. The number of rotatable bonds is 4. The zero-order chi connectivity index (χ0) is 14.7. The maximum Gasteiger partial charge on any atom is 0.126 e. The number of aryl methyl sites for hydroxylation is 1. The molecule has 0 heterocycles. The fourth-order valence-electron chi connectivity index (χ4n) is 2.16. The number of aliphatic hydroxyl groups excluding tert-OH is 1. The van der Waals surface area contributed by atoms with Gasteiger partial charge in [0, 0.05) is 10.6 Å². The molecule has 0 bridgehead atoms. The van der Waals surface area contributed by atoms with Gasteiger partial charge in [0.15, 0.2) is 0 Å². The van der Waals surface area contributed by atoms with Crippen molar-refractivity contribution < 1.29 is 14.6 Å². The highest BCUT2D eigenvalue weighted by molar-refractivity contribution is 6.30. The molecule has 2 rings (SSSR count). The van der Waals surface area contributed by atoms with Gasteiger partial charge in [-0.1, -0.05) is 23.7 Å². The second-order valence-corrected chi connectivity index (χ2v) is 4.95. The number of benzene rings is 2. The summed E-state index contributed by atoms with van der Waals surface area (Å²) < 4.78 is 10.5. The molecule has 3 nitrogen and oxygen atoms in total. The second-order valence-electron chi connectivity index (χ2n) is 4.52. The van der Waals surface area contributed by atoms with Crippen LogP contribution in [0.4, 0.5) is 0 Å². The molecule has 0 aliphatic carbocycles. The Kier molecular flexibility index (Phi) is 4.53. The van der Waals surface area contributed by atoms with Crippen LogP contribution in [0.5, 0.6) is 11.5 Å². The molecule has 1 unspecified atom stereocenters. The van der Waals surface area contributed by atoms with Crippen molar-refractivity contribution in [3.05, 3.63) is 58.1 Å². The van der Waals surface area contributed by atoms with E-state index >= 15 is 0 Å². The van der Waals surface area contributed by atoms with E-state index in [1.165, 1.54) is 0 Å². The Morgan fingerprint density at radius 2 is 1.70 bits per heavy atom. The number of halogens is 1. The van der Waals surface area contributed by atoms with Crippen LogP contribution in [0.15, 0.2) is 36.4 Å². The van der Waals surface area contributed by atoms with Crippen LogP contribution >= 0.6 is 11.6 Å². The molecule has 1 atom stereocenters. The first-order chi connectivity index (χ1) is 9.56. The average molecular weight is 293 g/mol. The van der Waals surface area contributed by atoms with Crippen molar-refractivity contribution in [1.29, 1.82) is 0 Å². The predicted molar refractivity (Wildman–Crippen MR) is 79.8 cm³/mol. The quantitative estimate of drug-likeness (QED) is 0.933. The van der Waals surface area contributed by atoms with Crippen LogP contribution in [0, 0.1) is 6.92 Å². The van der Waals surface area contributed by atoms with Crippen LogP contribution in [0.2, 0.25) is 5.02 Å². The highest BCUT2D eigenvalue weighted by Crippen LogP contribution is 2.33.